The van der Waals surface area contributed by atoms with Crippen LogP contribution in [0.15, 0.2) is 65.6 Å². The van der Waals surface area contributed by atoms with Crippen molar-refractivity contribution in [1.29, 1.82) is 0 Å². The van der Waals surface area contributed by atoms with Crippen molar-refractivity contribution >= 4 is 5.91 Å². The second-order valence-corrected chi connectivity index (χ2v) is 6.86. The fraction of sp³-hybridized carbons (Fsp3) is 0.261. The monoisotopic (exact) mass is 391 g/mol. The maximum absolute atomic E-state index is 12.4. The topological polar surface area (TPSA) is 68.5 Å². The van der Waals surface area contributed by atoms with Crippen LogP contribution in [0.1, 0.15) is 23.4 Å². The number of rotatable bonds is 9. The Balaban J connectivity index is 1.50. The fourth-order valence-corrected chi connectivity index (χ4v) is 2.78. The first-order valence-corrected chi connectivity index (χ1v) is 9.51. The summed E-state index contributed by atoms with van der Waals surface area (Å²) in [4.78, 5) is 14.1. The molecule has 0 N–H and O–H groups in total. The van der Waals surface area contributed by atoms with Gasteiger partial charge < -0.3 is 14.1 Å². The van der Waals surface area contributed by atoms with Crippen LogP contribution in [0.2, 0.25) is 0 Å². The summed E-state index contributed by atoms with van der Waals surface area (Å²) in [5.41, 5.74) is 3.07. The van der Waals surface area contributed by atoms with E-state index in [0.29, 0.717) is 37.8 Å². The van der Waals surface area contributed by atoms with Gasteiger partial charge in [0.25, 0.3) is 0 Å². The highest BCUT2D eigenvalue weighted by Gasteiger charge is 2.13. The van der Waals surface area contributed by atoms with Crippen LogP contribution in [0, 0.1) is 6.92 Å². The summed E-state index contributed by atoms with van der Waals surface area (Å²) in [6, 6.07) is 15.6. The summed E-state index contributed by atoms with van der Waals surface area (Å²) in [7, 11) is 1.79. The van der Waals surface area contributed by atoms with Gasteiger partial charge in [-0.15, -0.1) is 10.2 Å². The number of carbonyl (C=O) groups excluding carboxylic acids is 1. The number of amides is 1. The fourth-order valence-electron chi connectivity index (χ4n) is 2.78. The Morgan fingerprint density at radius 3 is 2.55 bits per heavy atom. The van der Waals surface area contributed by atoms with E-state index in [1.807, 2.05) is 55.5 Å². The van der Waals surface area contributed by atoms with Crippen molar-refractivity contribution < 1.29 is 13.9 Å². The number of aromatic nitrogens is 2. The van der Waals surface area contributed by atoms with Gasteiger partial charge in [0.05, 0.1) is 0 Å². The van der Waals surface area contributed by atoms with E-state index in [1.165, 1.54) is 5.56 Å². The highest BCUT2D eigenvalue weighted by atomic mass is 16.5. The molecule has 0 atom stereocenters. The smallest absolute Gasteiger partial charge is 0.247 e. The summed E-state index contributed by atoms with van der Waals surface area (Å²) in [6.07, 6.45) is 2.43. The third kappa shape index (κ3) is 5.78. The minimum atomic E-state index is 0.0204. The first kappa shape index (κ1) is 20.3. The first-order valence-electron chi connectivity index (χ1n) is 9.51. The van der Waals surface area contributed by atoms with E-state index < -0.39 is 0 Å². The molecule has 0 aliphatic rings. The van der Waals surface area contributed by atoms with Crippen LogP contribution in [-0.4, -0.2) is 34.7 Å². The lowest BCUT2D eigenvalue weighted by Gasteiger charge is -2.17. The van der Waals surface area contributed by atoms with Gasteiger partial charge in [0.1, 0.15) is 12.4 Å². The van der Waals surface area contributed by atoms with Crippen LogP contribution in [0.25, 0.3) is 11.5 Å². The van der Waals surface area contributed by atoms with E-state index in [2.05, 4.69) is 16.8 Å². The highest BCUT2D eigenvalue weighted by molar-refractivity contribution is 5.76. The summed E-state index contributed by atoms with van der Waals surface area (Å²) in [6.45, 7) is 6.65. The number of aryl methyl sites for hydroxylation is 2. The Morgan fingerprint density at radius 2 is 1.86 bits per heavy atom. The van der Waals surface area contributed by atoms with E-state index in [1.54, 1.807) is 18.0 Å². The number of benzene rings is 2. The van der Waals surface area contributed by atoms with E-state index in [0.717, 1.165) is 16.9 Å². The predicted molar refractivity (Wildman–Crippen MR) is 111 cm³/mol. The molecule has 0 aliphatic carbocycles. The molecular formula is C23H25N3O3. The Bertz CT molecular complexity index is 946. The van der Waals surface area contributed by atoms with Crippen molar-refractivity contribution in [3.63, 3.8) is 0 Å². The van der Waals surface area contributed by atoms with Crippen molar-refractivity contribution in [1.82, 2.24) is 15.1 Å². The maximum atomic E-state index is 12.4. The molecule has 0 saturated heterocycles. The maximum Gasteiger partial charge on any atom is 0.247 e. The normalized spacial score (nSPS) is 10.6. The first-order chi connectivity index (χ1) is 14.0. The molecule has 0 aliphatic heterocycles. The van der Waals surface area contributed by atoms with Crippen LogP contribution < -0.4 is 4.74 Å². The quantitative estimate of drug-likeness (QED) is 0.511. The van der Waals surface area contributed by atoms with E-state index >= 15 is 0 Å². The van der Waals surface area contributed by atoms with Gasteiger partial charge in [-0.25, -0.2) is 0 Å². The van der Waals surface area contributed by atoms with Gasteiger partial charge >= 0.3 is 0 Å². The van der Waals surface area contributed by atoms with Gasteiger partial charge in [0, 0.05) is 32.0 Å². The molecule has 0 fully saturated rings. The molecule has 0 spiro atoms. The lowest BCUT2D eigenvalue weighted by atomic mass is 10.1. The average Bonchev–Trinajstić information content (AvgIpc) is 3.21. The lowest BCUT2D eigenvalue weighted by Crippen LogP contribution is -2.26. The van der Waals surface area contributed by atoms with Crippen molar-refractivity contribution in [2.24, 2.45) is 0 Å². The van der Waals surface area contributed by atoms with Crippen LogP contribution >= 0.6 is 0 Å². The SMILES string of the molecule is C=CCOc1ccc(CN(C)C(=O)CCc2nnc(-c3ccc(C)cc3)o2)cc1. The van der Waals surface area contributed by atoms with Gasteiger partial charge in [-0.1, -0.05) is 42.5 Å². The van der Waals surface area contributed by atoms with E-state index in [9.17, 15) is 4.79 Å². The standard InChI is InChI=1S/C23H25N3O3/c1-4-15-28-20-11-7-18(8-12-20)16-26(3)22(27)14-13-21-24-25-23(29-21)19-9-5-17(2)6-10-19/h4-12H,1,13-16H2,2-3H3. The van der Waals surface area contributed by atoms with Crippen molar-refractivity contribution in [2.45, 2.75) is 26.3 Å². The Labute approximate surface area is 170 Å². The molecule has 29 heavy (non-hydrogen) atoms. The predicted octanol–water partition coefficient (Wildman–Crippen LogP) is 4.20. The zero-order chi connectivity index (χ0) is 20.6. The number of hydrogen-bond donors (Lipinski definition) is 0. The summed E-state index contributed by atoms with van der Waals surface area (Å²) >= 11 is 0. The molecule has 0 radical (unpaired) electrons. The molecule has 150 valence electrons. The minimum Gasteiger partial charge on any atom is -0.490 e. The summed E-state index contributed by atoms with van der Waals surface area (Å²) in [5.74, 6) is 1.74. The molecule has 1 amide bonds. The molecule has 6 nitrogen and oxygen atoms in total. The molecule has 0 saturated carbocycles. The second kappa shape index (κ2) is 9.68. The third-order valence-electron chi connectivity index (χ3n) is 4.45. The molecule has 1 heterocycles. The van der Waals surface area contributed by atoms with Gasteiger partial charge in [-0.2, -0.15) is 0 Å². The molecule has 0 unspecified atom stereocenters. The van der Waals surface area contributed by atoms with Gasteiger partial charge in [0.2, 0.25) is 17.7 Å². The van der Waals surface area contributed by atoms with Crippen LogP contribution in [-0.2, 0) is 17.8 Å². The summed E-state index contributed by atoms with van der Waals surface area (Å²) < 4.78 is 11.2. The molecule has 2 aromatic carbocycles. The Kier molecular flexibility index (Phi) is 6.79. The van der Waals surface area contributed by atoms with Gasteiger partial charge in [0.15, 0.2) is 0 Å². The van der Waals surface area contributed by atoms with E-state index in [4.69, 9.17) is 9.15 Å². The zero-order valence-corrected chi connectivity index (χ0v) is 16.8. The number of carbonyl (C=O) groups is 1. The van der Waals surface area contributed by atoms with Crippen LogP contribution in [0.3, 0.4) is 0 Å². The Morgan fingerprint density at radius 1 is 1.14 bits per heavy atom. The largest absolute Gasteiger partial charge is 0.490 e. The molecule has 1 aromatic heterocycles. The summed E-state index contributed by atoms with van der Waals surface area (Å²) in [5, 5.41) is 8.13. The van der Waals surface area contributed by atoms with Crippen LogP contribution in [0.5, 0.6) is 5.75 Å². The molecule has 3 aromatic rings. The zero-order valence-electron chi connectivity index (χ0n) is 16.8. The molecular weight excluding hydrogens is 366 g/mol. The number of hydrogen-bond acceptors (Lipinski definition) is 5. The highest BCUT2D eigenvalue weighted by Crippen LogP contribution is 2.19. The third-order valence-corrected chi connectivity index (χ3v) is 4.45. The number of nitrogens with zero attached hydrogens (tertiary/aromatic N) is 3. The number of ether oxygens (including phenoxy) is 1. The Hall–Kier alpha value is -3.41. The molecule has 0 bridgehead atoms. The minimum absolute atomic E-state index is 0.0204. The van der Waals surface area contributed by atoms with E-state index in [-0.39, 0.29) is 5.91 Å². The van der Waals surface area contributed by atoms with Crippen molar-refractivity contribution in [3.8, 4) is 17.2 Å². The average molecular weight is 391 g/mol. The van der Waals surface area contributed by atoms with Gasteiger partial charge in [-0.3, -0.25) is 4.79 Å². The van der Waals surface area contributed by atoms with Crippen molar-refractivity contribution in [2.75, 3.05) is 13.7 Å². The molecule has 3 rings (SSSR count). The lowest BCUT2D eigenvalue weighted by molar-refractivity contribution is -0.130. The van der Waals surface area contributed by atoms with Crippen molar-refractivity contribution in [3.05, 3.63) is 78.2 Å². The second-order valence-electron chi connectivity index (χ2n) is 6.86. The van der Waals surface area contributed by atoms with Gasteiger partial charge in [-0.05, 0) is 36.8 Å². The molecule has 6 heteroatoms. The van der Waals surface area contributed by atoms with Crippen LogP contribution in [0.4, 0.5) is 0 Å².